The molecular formula is C20H13BrN2O2S. The maximum absolute atomic E-state index is 12.3. The van der Waals surface area contributed by atoms with E-state index in [1.165, 1.54) is 17.8 Å². The Morgan fingerprint density at radius 2 is 1.81 bits per heavy atom. The van der Waals surface area contributed by atoms with Crippen molar-refractivity contribution in [1.82, 2.24) is 0 Å². The Hall–Kier alpha value is -2.75. The third-order valence-electron chi connectivity index (χ3n) is 3.32. The van der Waals surface area contributed by atoms with Crippen molar-refractivity contribution in [2.75, 3.05) is 5.32 Å². The first-order valence-corrected chi connectivity index (χ1v) is 9.26. The van der Waals surface area contributed by atoms with Crippen molar-refractivity contribution in [3.05, 3.63) is 82.5 Å². The normalized spacial score (nSPS) is 11.0. The molecule has 1 N–H and O–H groups in total. The molecule has 2 aromatic carbocycles. The Morgan fingerprint density at radius 1 is 1.08 bits per heavy atom. The van der Waals surface area contributed by atoms with Gasteiger partial charge in [0, 0.05) is 21.1 Å². The number of amides is 1. The summed E-state index contributed by atoms with van der Waals surface area (Å²) < 4.78 is 6.59. The van der Waals surface area contributed by atoms with Crippen LogP contribution in [0.5, 0.6) is 0 Å². The zero-order valence-electron chi connectivity index (χ0n) is 13.5. The number of nitrogens with zero attached hydrogens (tertiary/aromatic N) is 1. The van der Waals surface area contributed by atoms with Gasteiger partial charge in [-0.3, -0.25) is 4.79 Å². The topological polar surface area (TPSA) is 66.0 Å². The number of nitrogens with one attached hydrogen (secondary N) is 1. The van der Waals surface area contributed by atoms with Gasteiger partial charge in [0.2, 0.25) is 0 Å². The zero-order chi connectivity index (χ0) is 18.4. The van der Waals surface area contributed by atoms with Crippen LogP contribution >= 0.6 is 27.7 Å². The molecule has 0 spiro atoms. The van der Waals surface area contributed by atoms with Gasteiger partial charge in [-0.15, -0.1) is 0 Å². The molecule has 128 valence electrons. The van der Waals surface area contributed by atoms with Gasteiger partial charge in [0.1, 0.15) is 17.4 Å². The Bertz CT molecular complexity index is 973. The van der Waals surface area contributed by atoms with Crippen LogP contribution in [-0.4, -0.2) is 5.91 Å². The van der Waals surface area contributed by atoms with E-state index < -0.39 is 5.91 Å². The summed E-state index contributed by atoms with van der Waals surface area (Å²) >= 11 is 4.81. The minimum absolute atomic E-state index is 0.0291. The lowest BCUT2D eigenvalue weighted by Gasteiger charge is -2.03. The van der Waals surface area contributed by atoms with Crippen LogP contribution in [0, 0.1) is 11.3 Å². The summed E-state index contributed by atoms with van der Waals surface area (Å²) in [5.41, 5.74) is 0.581. The SMILES string of the molecule is N#C/C(=C/c1ccc(Sc2ccccc2)o1)C(=O)Nc1ccc(Br)cc1. The van der Waals surface area contributed by atoms with Crippen LogP contribution in [-0.2, 0) is 4.79 Å². The monoisotopic (exact) mass is 424 g/mol. The summed E-state index contributed by atoms with van der Waals surface area (Å²) in [7, 11) is 0. The molecule has 3 aromatic rings. The molecule has 0 fully saturated rings. The second kappa shape index (κ2) is 8.56. The molecule has 0 unspecified atom stereocenters. The van der Waals surface area contributed by atoms with Crippen LogP contribution < -0.4 is 5.32 Å². The highest BCUT2D eigenvalue weighted by atomic mass is 79.9. The van der Waals surface area contributed by atoms with Crippen molar-refractivity contribution in [3.8, 4) is 6.07 Å². The number of rotatable bonds is 5. The number of carbonyl (C=O) groups excluding carboxylic acids is 1. The predicted octanol–water partition coefficient (Wildman–Crippen LogP) is 5.74. The lowest BCUT2D eigenvalue weighted by atomic mass is 10.2. The number of hydrogen-bond donors (Lipinski definition) is 1. The van der Waals surface area contributed by atoms with Crippen LogP contribution in [0.2, 0.25) is 0 Å². The molecule has 0 radical (unpaired) electrons. The molecule has 26 heavy (non-hydrogen) atoms. The summed E-state index contributed by atoms with van der Waals surface area (Å²) in [5, 5.41) is 12.7. The van der Waals surface area contributed by atoms with E-state index in [0.717, 1.165) is 9.37 Å². The van der Waals surface area contributed by atoms with Gasteiger partial charge in [0.25, 0.3) is 5.91 Å². The number of carbonyl (C=O) groups is 1. The third kappa shape index (κ3) is 4.88. The molecule has 0 saturated carbocycles. The smallest absolute Gasteiger partial charge is 0.266 e. The standard InChI is InChI=1S/C20H13BrN2O2S/c21-15-6-8-16(9-7-15)23-20(24)14(13-22)12-17-10-11-19(25-17)26-18-4-2-1-3-5-18/h1-12H,(H,23,24)/b14-12-. The first-order chi connectivity index (χ1) is 12.6. The first-order valence-electron chi connectivity index (χ1n) is 7.65. The van der Waals surface area contributed by atoms with Gasteiger partial charge in [-0.2, -0.15) is 5.26 Å². The van der Waals surface area contributed by atoms with Gasteiger partial charge in [-0.25, -0.2) is 0 Å². The molecule has 0 aliphatic heterocycles. The van der Waals surface area contributed by atoms with Crippen molar-refractivity contribution in [2.24, 2.45) is 0 Å². The second-order valence-corrected chi connectivity index (χ2v) is 7.20. The van der Waals surface area contributed by atoms with Gasteiger partial charge in [0.05, 0.1) is 0 Å². The van der Waals surface area contributed by atoms with E-state index in [4.69, 9.17) is 4.42 Å². The Kier molecular flexibility index (Phi) is 5.95. The summed E-state index contributed by atoms with van der Waals surface area (Å²) in [4.78, 5) is 13.3. The molecule has 3 rings (SSSR count). The predicted molar refractivity (Wildman–Crippen MR) is 106 cm³/mol. The Morgan fingerprint density at radius 3 is 2.50 bits per heavy atom. The fourth-order valence-electron chi connectivity index (χ4n) is 2.09. The van der Waals surface area contributed by atoms with E-state index in [1.807, 2.05) is 54.6 Å². The Labute approximate surface area is 163 Å². The number of halogens is 1. The highest BCUT2D eigenvalue weighted by Gasteiger charge is 2.11. The van der Waals surface area contributed by atoms with Crippen LogP contribution in [0.4, 0.5) is 5.69 Å². The summed E-state index contributed by atoms with van der Waals surface area (Å²) in [6.07, 6.45) is 1.43. The molecule has 4 nitrogen and oxygen atoms in total. The van der Waals surface area contributed by atoms with Crippen LogP contribution in [0.3, 0.4) is 0 Å². The van der Waals surface area contributed by atoms with E-state index in [2.05, 4.69) is 21.2 Å². The largest absolute Gasteiger partial charge is 0.450 e. The lowest BCUT2D eigenvalue weighted by Crippen LogP contribution is -2.13. The highest BCUT2D eigenvalue weighted by Crippen LogP contribution is 2.29. The molecule has 0 bridgehead atoms. The highest BCUT2D eigenvalue weighted by molar-refractivity contribution is 9.10. The maximum atomic E-state index is 12.3. The van der Waals surface area contributed by atoms with Crippen LogP contribution in [0.25, 0.3) is 6.08 Å². The van der Waals surface area contributed by atoms with Gasteiger partial charge < -0.3 is 9.73 Å². The molecule has 1 aromatic heterocycles. The number of furan rings is 1. The van der Waals surface area contributed by atoms with E-state index in [1.54, 1.807) is 18.2 Å². The van der Waals surface area contributed by atoms with E-state index >= 15 is 0 Å². The summed E-state index contributed by atoms with van der Waals surface area (Å²) in [5.74, 6) is -0.0329. The molecule has 6 heteroatoms. The van der Waals surface area contributed by atoms with Gasteiger partial charge in [-0.1, -0.05) is 45.9 Å². The van der Waals surface area contributed by atoms with Gasteiger partial charge in [0.15, 0.2) is 5.09 Å². The minimum Gasteiger partial charge on any atom is -0.450 e. The van der Waals surface area contributed by atoms with E-state index in [9.17, 15) is 10.1 Å². The molecule has 1 amide bonds. The summed E-state index contributed by atoms with van der Waals surface area (Å²) in [6, 6.07) is 22.4. The van der Waals surface area contributed by atoms with Crippen molar-refractivity contribution < 1.29 is 9.21 Å². The van der Waals surface area contributed by atoms with Crippen molar-refractivity contribution in [2.45, 2.75) is 9.99 Å². The van der Waals surface area contributed by atoms with Gasteiger partial charge in [-0.05, 0) is 48.5 Å². The molecule has 0 atom stereocenters. The van der Waals surface area contributed by atoms with Crippen LogP contribution in [0.15, 0.2) is 91.2 Å². The minimum atomic E-state index is -0.483. The van der Waals surface area contributed by atoms with Crippen molar-refractivity contribution in [3.63, 3.8) is 0 Å². The number of hydrogen-bond acceptors (Lipinski definition) is 4. The average Bonchev–Trinajstić information content (AvgIpc) is 3.09. The fraction of sp³-hybridized carbons (Fsp3) is 0. The molecule has 0 saturated heterocycles. The maximum Gasteiger partial charge on any atom is 0.266 e. The molecule has 0 aliphatic rings. The number of nitriles is 1. The summed E-state index contributed by atoms with van der Waals surface area (Å²) in [6.45, 7) is 0. The Balaban J connectivity index is 1.71. The molecule has 0 aliphatic carbocycles. The lowest BCUT2D eigenvalue weighted by molar-refractivity contribution is -0.112. The second-order valence-electron chi connectivity index (χ2n) is 5.20. The molecular weight excluding hydrogens is 412 g/mol. The number of benzene rings is 2. The first kappa shape index (κ1) is 18.1. The van der Waals surface area contributed by atoms with Gasteiger partial charge >= 0.3 is 0 Å². The van der Waals surface area contributed by atoms with E-state index in [0.29, 0.717) is 16.5 Å². The average molecular weight is 425 g/mol. The third-order valence-corrected chi connectivity index (χ3v) is 4.77. The van der Waals surface area contributed by atoms with Crippen LogP contribution in [0.1, 0.15) is 5.76 Å². The number of anilines is 1. The zero-order valence-corrected chi connectivity index (χ0v) is 15.9. The quantitative estimate of drug-likeness (QED) is 0.418. The van der Waals surface area contributed by atoms with E-state index in [-0.39, 0.29) is 5.57 Å². The van der Waals surface area contributed by atoms with Crippen molar-refractivity contribution >= 4 is 45.4 Å². The fourth-order valence-corrected chi connectivity index (χ4v) is 3.16. The van der Waals surface area contributed by atoms with Crippen molar-refractivity contribution in [1.29, 1.82) is 5.26 Å². The molecule has 1 heterocycles.